The molecule has 5 nitrogen and oxygen atoms in total. The second-order valence-corrected chi connectivity index (χ2v) is 7.31. The van der Waals surface area contributed by atoms with Gasteiger partial charge in [-0.1, -0.05) is 12.8 Å². The lowest BCUT2D eigenvalue weighted by atomic mass is 9.67. The molecule has 1 aromatic carbocycles. The fourth-order valence-electron chi connectivity index (χ4n) is 4.36. The molecule has 0 aromatic heterocycles. The Morgan fingerprint density at radius 1 is 1.25 bits per heavy atom. The molecule has 2 saturated heterocycles. The van der Waals surface area contributed by atoms with E-state index in [0.717, 1.165) is 56.8 Å². The molecule has 1 saturated carbocycles. The Morgan fingerprint density at radius 3 is 2.92 bits per heavy atom. The molecule has 0 radical (unpaired) electrons. The summed E-state index contributed by atoms with van der Waals surface area (Å²) in [6.45, 7) is 3.22. The summed E-state index contributed by atoms with van der Waals surface area (Å²) in [5.74, 6) is 1.49. The summed E-state index contributed by atoms with van der Waals surface area (Å²) >= 11 is 0. The maximum atomic E-state index is 12.9. The van der Waals surface area contributed by atoms with Crippen molar-refractivity contribution in [3.8, 4) is 5.75 Å². The number of carbonyl (C=O) groups excluding carboxylic acids is 1. The lowest BCUT2D eigenvalue weighted by Gasteiger charge is -2.37. The van der Waals surface area contributed by atoms with Crippen LogP contribution in [0.4, 0.5) is 5.69 Å². The van der Waals surface area contributed by atoms with Crippen molar-refractivity contribution in [3.63, 3.8) is 0 Å². The van der Waals surface area contributed by atoms with Crippen molar-refractivity contribution in [2.75, 3.05) is 31.6 Å². The summed E-state index contributed by atoms with van der Waals surface area (Å²) in [6, 6.07) is 7.72. The number of ether oxygens (including phenoxy) is 2. The van der Waals surface area contributed by atoms with Crippen LogP contribution in [0.2, 0.25) is 0 Å². The number of fused-ring (bicyclic) bond motifs is 1. The highest BCUT2D eigenvalue weighted by atomic mass is 16.5. The summed E-state index contributed by atoms with van der Waals surface area (Å²) < 4.78 is 11.2. The molecule has 3 atom stereocenters. The molecule has 4 rings (SSSR count). The quantitative estimate of drug-likeness (QED) is 0.891. The van der Waals surface area contributed by atoms with Crippen LogP contribution in [0.1, 0.15) is 32.1 Å². The SMILES string of the molecule is O=C(Nc1ccc(OC2CCOC2)cc1)[C@@]12CCCC[C@H]1CNC2. The Morgan fingerprint density at radius 2 is 2.12 bits per heavy atom. The fraction of sp³-hybridized carbons (Fsp3) is 0.632. The Balaban J connectivity index is 1.40. The van der Waals surface area contributed by atoms with E-state index in [0.29, 0.717) is 12.5 Å². The van der Waals surface area contributed by atoms with Crippen molar-refractivity contribution in [1.29, 1.82) is 0 Å². The van der Waals surface area contributed by atoms with E-state index in [2.05, 4.69) is 10.6 Å². The minimum Gasteiger partial charge on any atom is -0.488 e. The number of rotatable bonds is 4. The number of benzene rings is 1. The number of nitrogens with one attached hydrogen (secondary N) is 2. The molecule has 5 heteroatoms. The molecule has 24 heavy (non-hydrogen) atoms. The van der Waals surface area contributed by atoms with Gasteiger partial charge in [-0.3, -0.25) is 4.79 Å². The molecule has 0 bridgehead atoms. The van der Waals surface area contributed by atoms with Gasteiger partial charge in [0.2, 0.25) is 5.91 Å². The molecule has 2 heterocycles. The van der Waals surface area contributed by atoms with E-state index in [1.807, 2.05) is 24.3 Å². The summed E-state index contributed by atoms with van der Waals surface area (Å²) in [6.07, 6.45) is 5.66. The predicted molar refractivity (Wildman–Crippen MR) is 92.2 cm³/mol. The van der Waals surface area contributed by atoms with Gasteiger partial charge in [0.15, 0.2) is 0 Å². The summed E-state index contributed by atoms with van der Waals surface area (Å²) in [4.78, 5) is 12.9. The monoisotopic (exact) mass is 330 g/mol. The molecule has 2 N–H and O–H groups in total. The van der Waals surface area contributed by atoms with E-state index in [1.165, 1.54) is 6.42 Å². The van der Waals surface area contributed by atoms with Gasteiger partial charge in [0, 0.05) is 18.7 Å². The smallest absolute Gasteiger partial charge is 0.232 e. The van der Waals surface area contributed by atoms with E-state index < -0.39 is 0 Å². The van der Waals surface area contributed by atoms with Crippen molar-refractivity contribution in [2.45, 2.75) is 38.2 Å². The lowest BCUT2D eigenvalue weighted by Crippen LogP contribution is -2.44. The third kappa shape index (κ3) is 3.03. The van der Waals surface area contributed by atoms with Crippen molar-refractivity contribution in [2.24, 2.45) is 11.3 Å². The van der Waals surface area contributed by atoms with E-state index in [9.17, 15) is 4.79 Å². The topological polar surface area (TPSA) is 59.6 Å². The summed E-state index contributed by atoms with van der Waals surface area (Å²) in [5.41, 5.74) is 0.634. The number of carbonyl (C=O) groups is 1. The highest BCUT2D eigenvalue weighted by Gasteiger charge is 2.49. The molecule has 130 valence electrons. The Bertz CT molecular complexity index is 583. The largest absolute Gasteiger partial charge is 0.488 e. The Hall–Kier alpha value is -1.59. The minimum absolute atomic E-state index is 0.150. The van der Waals surface area contributed by atoms with E-state index in [-0.39, 0.29) is 17.4 Å². The zero-order valence-electron chi connectivity index (χ0n) is 14.1. The highest BCUT2D eigenvalue weighted by Crippen LogP contribution is 2.44. The molecule has 1 aromatic rings. The Kier molecular flexibility index (Phi) is 4.46. The number of amides is 1. The lowest BCUT2D eigenvalue weighted by molar-refractivity contribution is -0.128. The van der Waals surface area contributed by atoms with Crippen LogP contribution >= 0.6 is 0 Å². The molecular formula is C19H26N2O3. The fourth-order valence-corrected chi connectivity index (χ4v) is 4.36. The van der Waals surface area contributed by atoms with Gasteiger partial charge >= 0.3 is 0 Å². The van der Waals surface area contributed by atoms with E-state index in [4.69, 9.17) is 9.47 Å². The molecule has 1 unspecified atom stereocenters. The first-order chi connectivity index (χ1) is 11.8. The number of hydrogen-bond acceptors (Lipinski definition) is 4. The second-order valence-electron chi connectivity index (χ2n) is 7.31. The molecule has 3 fully saturated rings. The van der Waals surface area contributed by atoms with Gasteiger partial charge in [-0.2, -0.15) is 0 Å². The van der Waals surface area contributed by atoms with Gasteiger partial charge in [0.1, 0.15) is 11.9 Å². The molecule has 2 aliphatic heterocycles. The van der Waals surface area contributed by atoms with Gasteiger partial charge < -0.3 is 20.1 Å². The zero-order valence-corrected chi connectivity index (χ0v) is 14.1. The molecule has 1 amide bonds. The third-order valence-electron chi connectivity index (χ3n) is 5.79. The molecule has 1 aliphatic carbocycles. The summed E-state index contributed by atoms with van der Waals surface area (Å²) in [5, 5.41) is 6.56. The van der Waals surface area contributed by atoms with Gasteiger partial charge in [-0.15, -0.1) is 0 Å². The first kappa shape index (κ1) is 15.9. The third-order valence-corrected chi connectivity index (χ3v) is 5.79. The predicted octanol–water partition coefficient (Wildman–Crippen LogP) is 2.57. The maximum absolute atomic E-state index is 12.9. The standard InChI is InChI=1S/C19H26N2O3/c22-18(19-9-2-1-3-14(19)11-20-13-19)21-15-4-6-16(7-5-15)24-17-8-10-23-12-17/h4-7,14,17,20H,1-3,8-13H2,(H,21,22)/t14-,17?,19+/m0/s1. The van der Waals surface area contributed by atoms with Gasteiger partial charge in [-0.05, 0) is 49.6 Å². The molecular weight excluding hydrogens is 304 g/mol. The van der Waals surface area contributed by atoms with Crippen molar-refractivity contribution >= 4 is 11.6 Å². The maximum Gasteiger partial charge on any atom is 0.232 e. The minimum atomic E-state index is -0.214. The van der Waals surface area contributed by atoms with Crippen LogP contribution < -0.4 is 15.4 Å². The average Bonchev–Trinajstić information content (AvgIpc) is 3.26. The normalized spacial score (nSPS) is 32.3. The number of hydrogen-bond donors (Lipinski definition) is 2. The van der Waals surface area contributed by atoms with Crippen LogP contribution in [0.15, 0.2) is 24.3 Å². The van der Waals surface area contributed by atoms with Gasteiger partial charge in [0.25, 0.3) is 0 Å². The van der Waals surface area contributed by atoms with Crippen LogP contribution in [0.3, 0.4) is 0 Å². The first-order valence-corrected chi connectivity index (χ1v) is 9.13. The average molecular weight is 330 g/mol. The van der Waals surface area contributed by atoms with Crippen LogP contribution in [-0.4, -0.2) is 38.3 Å². The summed E-state index contributed by atoms with van der Waals surface area (Å²) in [7, 11) is 0. The van der Waals surface area contributed by atoms with Crippen LogP contribution in [0.25, 0.3) is 0 Å². The van der Waals surface area contributed by atoms with Crippen molar-refractivity contribution in [3.05, 3.63) is 24.3 Å². The van der Waals surface area contributed by atoms with E-state index in [1.54, 1.807) is 0 Å². The van der Waals surface area contributed by atoms with Crippen molar-refractivity contribution < 1.29 is 14.3 Å². The van der Waals surface area contributed by atoms with Gasteiger partial charge in [0.05, 0.1) is 18.6 Å². The molecule has 3 aliphatic rings. The van der Waals surface area contributed by atoms with Crippen molar-refractivity contribution in [1.82, 2.24) is 5.32 Å². The first-order valence-electron chi connectivity index (χ1n) is 9.13. The van der Waals surface area contributed by atoms with Crippen LogP contribution in [-0.2, 0) is 9.53 Å². The zero-order chi connectivity index (χ0) is 16.4. The highest BCUT2D eigenvalue weighted by molar-refractivity contribution is 5.96. The van der Waals surface area contributed by atoms with Crippen LogP contribution in [0.5, 0.6) is 5.75 Å². The Labute approximate surface area is 143 Å². The second kappa shape index (κ2) is 6.73. The molecule has 0 spiro atoms. The number of anilines is 1. The van der Waals surface area contributed by atoms with Gasteiger partial charge in [-0.25, -0.2) is 0 Å². The van der Waals surface area contributed by atoms with E-state index >= 15 is 0 Å². The van der Waals surface area contributed by atoms with Crippen LogP contribution in [0, 0.1) is 11.3 Å².